The van der Waals surface area contributed by atoms with E-state index in [0.717, 1.165) is 0 Å². The second-order valence-corrected chi connectivity index (χ2v) is 7.65. The van der Waals surface area contributed by atoms with Gasteiger partial charge in [-0.15, -0.1) is 0 Å². The minimum atomic E-state index is -1.02. The molecule has 0 amide bonds. The van der Waals surface area contributed by atoms with Crippen LogP contribution >= 0.6 is 0 Å². The monoisotopic (exact) mass is 432 g/mol. The molecule has 1 aromatic heterocycles. The average Bonchev–Trinajstić information content (AvgIpc) is 2.69. The van der Waals surface area contributed by atoms with Gasteiger partial charge < -0.3 is 20.1 Å². The van der Waals surface area contributed by atoms with Gasteiger partial charge in [0.2, 0.25) is 0 Å². The van der Waals surface area contributed by atoms with E-state index >= 15 is 0 Å². The van der Waals surface area contributed by atoms with E-state index in [0.29, 0.717) is 23.3 Å². The molecule has 0 aliphatic heterocycles. The quantitative estimate of drug-likeness (QED) is 0.471. The molecule has 31 heavy (non-hydrogen) atoms. The van der Waals surface area contributed by atoms with Gasteiger partial charge in [0, 0.05) is 41.5 Å². The Labute approximate surface area is 177 Å². The number of hydrogen-bond acceptors (Lipinski definition) is 4. The van der Waals surface area contributed by atoms with Gasteiger partial charge in [-0.05, 0) is 24.1 Å². The van der Waals surface area contributed by atoms with Crippen molar-refractivity contribution in [2.24, 2.45) is 5.92 Å². The van der Waals surface area contributed by atoms with Gasteiger partial charge >= 0.3 is 0 Å². The molecule has 164 valence electrons. The Kier molecular flexibility index (Phi) is 6.40. The predicted molar refractivity (Wildman–Crippen MR) is 114 cm³/mol. The Hall–Kier alpha value is -3.26. The summed E-state index contributed by atoms with van der Waals surface area (Å²) in [5, 5.41) is 22.8. The summed E-state index contributed by atoms with van der Waals surface area (Å²) in [6, 6.07) is 5.60. The van der Waals surface area contributed by atoms with Crippen LogP contribution in [0.3, 0.4) is 0 Å². The molecule has 0 fully saturated rings. The normalized spacial score (nSPS) is 12.4. The van der Waals surface area contributed by atoms with Crippen molar-refractivity contribution in [2.45, 2.75) is 26.4 Å². The number of hydrogen-bond donors (Lipinski definition) is 3. The zero-order valence-electron chi connectivity index (χ0n) is 17.1. The van der Waals surface area contributed by atoms with Crippen molar-refractivity contribution >= 4 is 22.3 Å². The van der Waals surface area contributed by atoms with E-state index in [2.05, 4.69) is 11.9 Å². The van der Waals surface area contributed by atoms with Gasteiger partial charge in [0.15, 0.2) is 5.43 Å². The van der Waals surface area contributed by atoms with Gasteiger partial charge in [-0.1, -0.05) is 20.4 Å². The zero-order chi connectivity index (χ0) is 22.9. The molecule has 3 N–H and O–H groups in total. The number of pyridine rings is 1. The summed E-state index contributed by atoms with van der Waals surface area (Å²) in [4.78, 5) is 12.9. The summed E-state index contributed by atoms with van der Waals surface area (Å²) in [7, 11) is 0. The fourth-order valence-electron chi connectivity index (χ4n) is 3.50. The number of benzene rings is 2. The molecule has 1 atom stereocenters. The Morgan fingerprint density at radius 2 is 1.81 bits per heavy atom. The summed E-state index contributed by atoms with van der Waals surface area (Å²) >= 11 is 0. The largest absolute Gasteiger partial charge is 0.508 e. The molecule has 0 unspecified atom stereocenters. The van der Waals surface area contributed by atoms with Gasteiger partial charge in [-0.3, -0.25) is 4.79 Å². The lowest BCUT2D eigenvalue weighted by atomic mass is 10.0. The van der Waals surface area contributed by atoms with Crippen LogP contribution in [0.5, 0.6) is 0 Å². The van der Waals surface area contributed by atoms with Crippen LogP contribution in [-0.2, 0) is 6.54 Å². The van der Waals surface area contributed by atoms with Crippen LogP contribution in [-0.4, -0.2) is 21.4 Å². The highest BCUT2D eigenvalue weighted by Gasteiger charge is 2.20. The zero-order valence-corrected chi connectivity index (χ0v) is 17.1. The molecule has 3 rings (SSSR count). The molecule has 2 aromatic carbocycles. The predicted octanol–water partition coefficient (Wildman–Crippen LogP) is 4.75. The Balaban J connectivity index is 2.08. The average molecular weight is 432 g/mol. The number of aliphatic hydroxyl groups is 2. The van der Waals surface area contributed by atoms with Crippen LogP contribution in [0.2, 0.25) is 0 Å². The Morgan fingerprint density at radius 1 is 1.16 bits per heavy atom. The molecule has 0 saturated carbocycles. The van der Waals surface area contributed by atoms with Crippen LogP contribution in [0.4, 0.5) is 18.9 Å². The first-order valence-corrected chi connectivity index (χ1v) is 9.69. The number of rotatable bonds is 7. The first-order chi connectivity index (χ1) is 14.6. The molecule has 0 aliphatic carbocycles. The molecule has 0 saturated heterocycles. The lowest BCUT2D eigenvalue weighted by Crippen LogP contribution is -2.23. The molecule has 0 aliphatic rings. The summed E-state index contributed by atoms with van der Waals surface area (Å²) in [5.41, 5.74) is 0.0930. The third-order valence-electron chi connectivity index (χ3n) is 5.23. The Bertz CT molecular complexity index is 1180. The number of aliphatic hydroxyl groups excluding tert-OH is 2. The van der Waals surface area contributed by atoms with E-state index in [-0.39, 0.29) is 41.6 Å². The number of fused-ring (bicyclic) bond motifs is 1. The van der Waals surface area contributed by atoms with E-state index in [1.807, 2.05) is 13.8 Å². The highest BCUT2D eigenvalue weighted by atomic mass is 19.1. The van der Waals surface area contributed by atoms with Crippen LogP contribution in [0.25, 0.3) is 16.7 Å². The molecule has 5 nitrogen and oxygen atoms in total. The lowest BCUT2D eigenvalue weighted by molar-refractivity contribution is 0.196. The van der Waals surface area contributed by atoms with Crippen molar-refractivity contribution in [1.82, 2.24) is 4.57 Å². The van der Waals surface area contributed by atoms with E-state index in [1.165, 1.54) is 12.3 Å². The standard InChI is InChI=1S/C23H23F3N2O3/c1-12(2)22(11-29)28-10-18(13(3)30)23(31)16-8-15(4-5-21(16)28)27-9-17-19(25)6-14(24)7-20(17)26/h4-8,10,12,22,27,29-30H,3,9,11H2,1-2H3/t22-/m1/s1. The first kappa shape index (κ1) is 22.4. The first-order valence-electron chi connectivity index (χ1n) is 9.69. The maximum absolute atomic E-state index is 13.9. The number of anilines is 1. The van der Waals surface area contributed by atoms with Crippen molar-refractivity contribution in [3.05, 3.63) is 81.9 Å². The van der Waals surface area contributed by atoms with Crippen molar-refractivity contribution in [2.75, 3.05) is 11.9 Å². The van der Waals surface area contributed by atoms with Gasteiger partial charge in [-0.2, -0.15) is 0 Å². The second kappa shape index (κ2) is 8.85. The fraction of sp³-hybridized carbons (Fsp3) is 0.261. The van der Waals surface area contributed by atoms with Crippen LogP contribution in [0.15, 0.2) is 47.9 Å². The summed E-state index contributed by atoms with van der Waals surface area (Å²) in [6.07, 6.45) is 1.46. The van der Waals surface area contributed by atoms with Gasteiger partial charge in [0.05, 0.1) is 23.7 Å². The highest BCUT2D eigenvalue weighted by molar-refractivity contribution is 5.85. The SMILES string of the molecule is C=C(O)c1cn([C@H](CO)C(C)C)c2ccc(NCc3c(F)cc(F)cc3F)cc2c1=O. The van der Waals surface area contributed by atoms with Crippen molar-refractivity contribution in [3.63, 3.8) is 0 Å². The van der Waals surface area contributed by atoms with Crippen molar-refractivity contribution in [1.29, 1.82) is 0 Å². The van der Waals surface area contributed by atoms with Crippen molar-refractivity contribution in [3.8, 4) is 0 Å². The minimum absolute atomic E-state index is 0.0145. The molecule has 0 bridgehead atoms. The molecular formula is C23H23F3N2O3. The molecule has 1 heterocycles. The number of halogens is 3. The summed E-state index contributed by atoms with van der Waals surface area (Å²) in [5.74, 6) is -3.43. The highest BCUT2D eigenvalue weighted by Crippen LogP contribution is 2.26. The van der Waals surface area contributed by atoms with Crippen LogP contribution < -0.4 is 10.7 Å². The maximum atomic E-state index is 13.9. The van der Waals surface area contributed by atoms with Gasteiger partial charge in [0.1, 0.15) is 23.2 Å². The molecule has 0 spiro atoms. The minimum Gasteiger partial charge on any atom is -0.508 e. The summed E-state index contributed by atoms with van der Waals surface area (Å²) in [6.45, 7) is 6.82. The summed E-state index contributed by atoms with van der Waals surface area (Å²) < 4.78 is 42.6. The van der Waals surface area contributed by atoms with E-state index < -0.39 is 28.6 Å². The molecule has 0 radical (unpaired) electrons. The number of nitrogens with one attached hydrogen (secondary N) is 1. The molecular weight excluding hydrogens is 409 g/mol. The van der Waals surface area contributed by atoms with Gasteiger partial charge in [0.25, 0.3) is 0 Å². The van der Waals surface area contributed by atoms with Crippen LogP contribution in [0, 0.1) is 23.4 Å². The molecule has 8 heteroatoms. The topological polar surface area (TPSA) is 74.5 Å². The smallest absolute Gasteiger partial charge is 0.200 e. The Morgan fingerprint density at radius 3 is 2.35 bits per heavy atom. The maximum Gasteiger partial charge on any atom is 0.200 e. The second-order valence-electron chi connectivity index (χ2n) is 7.65. The number of aromatic nitrogens is 1. The lowest BCUT2D eigenvalue weighted by Gasteiger charge is -2.25. The van der Waals surface area contributed by atoms with E-state index in [4.69, 9.17) is 0 Å². The van der Waals surface area contributed by atoms with E-state index in [1.54, 1.807) is 16.7 Å². The van der Waals surface area contributed by atoms with E-state index in [9.17, 15) is 28.2 Å². The van der Waals surface area contributed by atoms with Crippen molar-refractivity contribution < 1.29 is 23.4 Å². The van der Waals surface area contributed by atoms with Crippen LogP contribution in [0.1, 0.15) is 31.0 Å². The fourth-order valence-corrected chi connectivity index (χ4v) is 3.50. The third kappa shape index (κ3) is 4.44. The third-order valence-corrected chi connectivity index (χ3v) is 5.23. The van der Waals surface area contributed by atoms with Gasteiger partial charge in [-0.25, -0.2) is 13.2 Å². The number of nitrogens with zero attached hydrogens (tertiary/aromatic N) is 1. The molecule has 3 aromatic rings.